The molecule has 134 valence electrons. The molecule has 3 rings (SSSR count). The first-order valence-corrected chi connectivity index (χ1v) is 8.07. The largest absolute Gasteiger partial charge is 0.507 e. The number of nitrogens with one attached hydrogen (secondary N) is 1. The number of benzene rings is 2. The smallest absolute Gasteiger partial charge is 0.272 e. The first kappa shape index (κ1) is 17.6. The molecule has 2 aromatic carbocycles. The zero-order valence-electron chi connectivity index (χ0n) is 13.9. The molecule has 1 amide bonds. The molecule has 26 heavy (non-hydrogen) atoms. The van der Waals surface area contributed by atoms with Crippen LogP contribution in [0, 0.1) is 5.82 Å². The lowest BCUT2D eigenvalue weighted by atomic mass is 10.1. The molecule has 0 bridgehead atoms. The Labute approximate surface area is 149 Å². The molecule has 1 heterocycles. The van der Waals surface area contributed by atoms with Crippen molar-refractivity contribution in [2.45, 2.75) is 6.54 Å². The van der Waals surface area contributed by atoms with Gasteiger partial charge in [0.2, 0.25) is 0 Å². The molecule has 0 aliphatic heterocycles. The maximum absolute atomic E-state index is 13.9. The topological polar surface area (TPSA) is 89.4 Å². The van der Waals surface area contributed by atoms with Gasteiger partial charge < -0.3 is 15.1 Å². The van der Waals surface area contributed by atoms with E-state index in [-0.39, 0.29) is 31.1 Å². The van der Waals surface area contributed by atoms with Gasteiger partial charge in [-0.2, -0.15) is 5.10 Å². The molecule has 7 heteroatoms. The van der Waals surface area contributed by atoms with Gasteiger partial charge in [0, 0.05) is 24.2 Å². The Hall–Kier alpha value is -3.19. The summed E-state index contributed by atoms with van der Waals surface area (Å²) in [7, 11) is 0. The predicted molar refractivity (Wildman–Crippen MR) is 93.9 cm³/mol. The normalized spacial score (nSPS) is 10.7. The number of carbonyl (C=O) groups is 1. The van der Waals surface area contributed by atoms with Gasteiger partial charge in [0.05, 0.1) is 12.3 Å². The summed E-state index contributed by atoms with van der Waals surface area (Å²) in [6, 6.07) is 14.3. The van der Waals surface area contributed by atoms with Crippen molar-refractivity contribution in [3.8, 4) is 17.0 Å². The first-order chi connectivity index (χ1) is 12.6. The second-order valence-electron chi connectivity index (χ2n) is 5.73. The monoisotopic (exact) mass is 355 g/mol. The van der Waals surface area contributed by atoms with Gasteiger partial charge in [-0.3, -0.25) is 9.89 Å². The van der Waals surface area contributed by atoms with E-state index in [0.29, 0.717) is 16.8 Å². The quantitative estimate of drug-likeness (QED) is 0.634. The minimum absolute atomic E-state index is 0.0248. The summed E-state index contributed by atoms with van der Waals surface area (Å²) in [6.45, 7) is -0.171. The number of H-pyrrole nitrogens is 1. The zero-order valence-corrected chi connectivity index (χ0v) is 13.9. The number of phenols is 1. The van der Waals surface area contributed by atoms with Crippen LogP contribution in [0.3, 0.4) is 0 Å². The lowest BCUT2D eigenvalue weighted by Gasteiger charge is -2.21. The maximum atomic E-state index is 13.9. The fourth-order valence-electron chi connectivity index (χ4n) is 2.64. The summed E-state index contributed by atoms with van der Waals surface area (Å²) in [5, 5.41) is 25.9. The molecule has 0 atom stereocenters. The predicted octanol–water partition coefficient (Wildman–Crippen LogP) is 2.56. The van der Waals surface area contributed by atoms with Crippen LogP contribution in [0.2, 0.25) is 0 Å². The van der Waals surface area contributed by atoms with E-state index in [9.17, 15) is 19.4 Å². The van der Waals surface area contributed by atoms with Gasteiger partial charge in [0.1, 0.15) is 17.3 Å². The second kappa shape index (κ2) is 7.79. The van der Waals surface area contributed by atoms with E-state index in [1.54, 1.807) is 36.4 Å². The van der Waals surface area contributed by atoms with Gasteiger partial charge in [-0.15, -0.1) is 0 Å². The van der Waals surface area contributed by atoms with E-state index < -0.39 is 11.7 Å². The van der Waals surface area contributed by atoms with Gasteiger partial charge in [-0.1, -0.05) is 30.3 Å². The molecule has 0 aliphatic rings. The molecule has 0 spiro atoms. The Morgan fingerprint density at radius 1 is 1.15 bits per heavy atom. The number of hydrogen-bond donors (Lipinski definition) is 3. The number of nitrogens with zero attached hydrogens (tertiary/aromatic N) is 2. The highest BCUT2D eigenvalue weighted by Crippen LogP contribution is 2.27. The Balaban J connectivity index is 1.84. The number of aromatic nitrogens is 2. The molecule has 0 radical (unpaired) electrons. The number of phenolic OH excluding ortho intramolecular Hbond substituents is 1. The van der Waals surface area contributed by atoms with Crippen LogP contribution in [0.1, 0.15) is 16.1 Å². The Kier molecular flexibility index (Phi) is 5.28. The van der Waals surface area contributed by atoms with E-state index in [1.807, 2.05) is 0 Å². The number of para-hydroxylation sites is 1. The average Bonchev–Trinajstić information content (AvgIpc) is 3.13. The van der Waals surface area contributed by atoms with Crippen LogP contribution in [0.5, 0.6) is 5.75 Å². The van der Waals surface area contributed by atoms with Crippen LogP contribution in [-0.4, -0.2) is 44.4 Å². The molecule has 6 nitrogen and oxygen atoms in total. The summed E-state index contributed by atoms with van der Waals surface area (Å²) >= 11 is 0. The SMILES string of the molecule is O=C(c1cc(-c2ccccc2O)n[nH]1)N(CCO)Cc1ccccc1F. The molecule has 0 aliphatic carbocycles. The van der Waals surface area contributed by atoms with Gasteiger partial charge in [-0.05, 0) is 24.3 Å². The molecule has 1 aromatic heterocycles. The van der Waals surface area contributed by atoms with Crippen LogP contribution in [0.15, 0.2) is 54.6 Å². The number of amides is 1. The molecule has 0 unspecified atom stereocenters. The van der Waals surface area contributed by atoms with Gasteiger partial charge in [-0.25, -0.2) is 4.39 Å². The van der Waals surface area contributed by atoms with Crippen LogP contribution in [0.4, 0.5) is 4.39 Å². The zero-order chi connectivity index (χ0) is 18.5. The number of halogens is 1. The molecular formula is C19H18FN3O3. The summed E-state index contributed by atoms with van der Waals surface area (Å²) in [6.07, 6.45) is 0. The minimum atomic E-state index is -0.420. The molecule has 0 saturated heterocycles. The van der Waals surface area contributed by atoms with E-state index in [0.717, 1.165) is 0 Å². The second-order valence-corrected chi connectivity index (χ2v) is 5.73. The van der Waals surface area contributed by atoms with Crippen molar-refractivity contribution in [1.82, 2.24) is 15.1 Å². The fourth-order valence-corrected chi connectivity index (χ4v) is 2.64. The van der Waals surface area contributed by atoms with Crippen LogP contribution in [-0.2, 0) is 6.54 Å². The van der Waals surface area contributed by atoms with E-state index >= 15 is 0 Å². The Bertz CT molecular complexity index is 910. The van der Waals surface area contributed by atoms with Gasteiger partial charge >= 0.3 is 0 Å². The van der Waals surface area contributed by atoms with E-state index in [1.165, 1.54) is 23.1 Å². The third-order valence-electron chi connectivity index (χ3n) is 3.96. The minimum Gasteiger partial charge on any atom is -0.507 e. The number of aromatic hydroxyl groups is 1. The van der Waals surface area contributed by atoms with Crippen molar-refractivity contribution in [3.63, 3.8) is 0 Å². The van der Waals surface area contributed by atoms with Crippen LogP contribution >= 0.6 is 0 Å². The third-order valence-corrected chi connectivity index (χ3v) is 3.96. The molecular weight excluding hydrogens is 337 g/mol. The van der Waals surface area contributed by atoms with Crippen molar-refractivity contribution >= 4 is 5.91 Å². The Morgan fingerprint density at radius 3 is 2.62 bits per heavy atom. The lowest BCUT2D eigenvalue weighted by molar-refractivity contribution is 0.0700. The molecule has 0 saturated carbocycles. The highest BCUT2D eigenvalue weighted by atomic mass is 19.1. The van der Waals surface area contributed by atoms with E-state index in [2.05, 4.69) is 10.2 Å². The van der Waals surface area contributed by atoms with Crippen LogP contribution < -0.4 is 0 Å². The summed E-state index contributed by atoms with van der Waals surface area (Å²) < 4.78 is 13.9. The number of carbonyl (C=O) groups excluding carboxylic acids is 1. The summed E-state index contributed by atoms with van der Waals surface area (Å²) in [4.78, 5) is 14.1. The highest BCUT2D eigenvalue weighted by Gasteiger charge is 2.20. The number of aliphatic hydroxyl groups is 1. The van der Waals surface area contributed by atoms with E-state index in [4.69, 9.17) is 0 Å². The standard InChI is InChI=1S/C19H18FN3O3/c20-15-7-3-1-5-13(15)12-23(9-10-24)19(26)17-11-16(21-22-17)14-6-2-4-8-18(14)25/h1-8,11,24-25H,9-10,12H2,(H,21,22). The molecule has 3 aromatic rings. The fraction of sp³-hybridized carbons (Fsp3) is 0.158. The first-order valence-electron chi connectivity index (χ1n) is 8.07. The number of hydrogen-bond acceptors (Lipinski definition) is 4. The average molecular weight is 355 g/mol. The van der Waals surface area contributed by atoms with Gasteiger partial charge in [0.15, 0.2) is 0 Å². The van der Waals surface area contributed by atoms with Crippen molar-refractivity contribution in [2.75, 3.05) is 13.2 Å². The van der Waals surface area contributed by atoms with Crippen molar-refractivity contribution in [2.24, 2.45) is 0 Å². The number of rotatable bonds is 6. The highest BCUT2D eigenvalue weighted by molar-refractivity contribution is 5.93. The maximum Gasteiger partial charge on any atom is 0.272 e. The Morgan fingerprint density at radius 2 is 1.88 bits per heavy atom. The number of aliphatic hydroxyl groups excluding tert-OH is 1. The summed E-state index contributed by atoms with van der Waals surface area (Å²) in [5.41, 5.74) is 1.45. The molecule has 3 N–H and O–H groups in total. The van der Waals surface area contributed by atoms with Crippen molar-refractivity contribution in [3.05, 3.63) is 71.7 Å². The number of aromatic amines is 1. The van der Waals surface area contributed by atoms with Crippen molar-refractivity contribution in [1.29, 1.82) is 0 Å². The summed E-state index contributed by atoms with van der Waals surface area (Å²) in [5.74, 6) is -0.782. The third kappa shape index (κ3) is 3.73. The van der Waals surface area contributed by atoms with Gasteiger partial charge in [0.25, 0.3) is 5.91 Å². The molecule has 0 fully saturated rings. The van der Waals surface area contributed by atoms with Crippen LogP contribution in [0.25, 0.3) is 11.3 Å². The van der Waals surface area contributed by atoms with Crippen molar-refractivity contribution < 1.29 is 19.4 Å². The lowest BCUT2D eigenvalue weighted by Crippen LogP contribution is -2.33.